The summed E-state index contributed by atoms with van der Waals surface area (Å²) in [5.74, 6) is -0.286. The Hall–Kier alpha value is -2.96. The lowest BCUT2D eigenvalue weighted by atomic mass is 9.91. The first kappa shape index (κ1) is 16.9. The van der Waals surface area contributed by atoms with Gasteiger partial charge in [0.15, 0.2) is 0 Å². The summed E-state index contributed by atoms with van der Waals surface area (Å²) in [7, 11) is 3.71. The second-order valence-electron chi connectivity index (χ2n) is 6.34. The van der Waals surface area contributed by atoms with E-state index in [4.69, 9.17) is 0 Å². The predicted molar refractivity (Wildman–Crippen MR) is 91.4 cm³/mol. The first-order valence-electron chi connectivity index (χ1n) is 7.84. The Morgan fingerprint density at radius 2 is 1.96 bits per heavy atom. The van der Waals surface area contributed by atoms with Crippen molar-refractivity contribution >= 4 is 17.8 Å². The van der Waals surface area contributed by atoms with Crippen LogP contribution in [0.5, 0.6) is 0 Å². The van der Waals surface area contributed by atoms with E-state index in [1.54, 1.807) is 30.5 Å². The number of urea groups is 1. The Labute approximate surface area is 145 Å². The van der Waals surface area contributed by atoms with E-state index in [9.17, 15) is 14.0 Å². The normalized spacial score (nSPS) is 19.9. The quantitative estimate of drug-likeness (QED) is 0.866. The minimum Gasteiger partial charge on any atom is -0.363 e. The minimum absolute atomic E-state index is 0.0953. The molecule has 2 aromatic rings. The van der Waals surface area contributed by atoms with Gasteiger partial charge in [-0.1, -0.05) is 18.2 Å². The molecule has 7 heteroatoms. The van der Waals surface area contributed by atoms with Crippen LogP contribution in [-0.4, -0.2) is 35.9 Å². The maximum absolute atomic E-state index is 14.1. The van der Waals surface area contributed by atoms with Crippen LogP contribution in [0, 0.1) is 5.82 Å². The Morgan fingerprint density at radius 3 is 2.64 bits per heavy atom. The minimum atomic E-state index is -1.42. The number of imide groups is 1. The molecule has 1 N–H and O–H groups in total. The number of hydrogen-bond donors (Lipinski definition) is 1. The molecule has 1 atom stereocenters. The van der Waals surface area contributed by atoms with Crippen LogP contribution in [0.25, 0.3) is 0 Å². The summed E-state index contributed by atoms with van der Waals surface area (Å²) in [6, 6.07) is 8.96. The van der Waals surface area contributed by atoms with E-state index in [0.717, 1.165) is 16.3 Å². The third kappa shape index (κ3) is 2.93. The van der Waals surface area contributed by atoms with Crippen molar-refractivity contribution < 1.29 is 14.0 Å². The number of anilines is 1. The van der Waals surface area contributed by atoms with Gasteiger partial charge in [-0.05, 0) is 30.7 Å². The molecule has 1 aromatic heterocycles. The van der Waals surface area contributed by atoms with Crippen LogP contribution < -0.4 is 10.2 Å². The van der Waals surface area contributed by atoms with Crippen LogP contribution in [0.3, 0.4) is 0 Å². The monoisotopic (exact) mass is 342 g/mol. The topological polar surface area (TPSA) is 65.5 Å². The van der Waals surface area contributed by atoms with Gasteiger partial charge in [-0.2, -0.15) is 0 Å². The van der Waals surface area contributed by atoms with Crippen molar-refractivity contribution in [3.8, 4) is 0 Å². The Bertz CT molecular complexity index is 839. The van der Waals surface area contributed by atoms with E-state index < -0.39 is 23.3 Å². The van der Waals surface area contributed by atoms with Crippen molar-refractivity contribution in [2.75, 3.05) is 19.0 Å². The van der Waals surface area contributed by atoms with Gasteiger partial charge >= 0.3 is 6.03 Å². The Balaban J connectivity index is 1.90. The van der Waals surface area contributed by atoms with Crippen molar-refractivity contribution in [3.05, 3.63) is 59.5 Å². The van der Waals surface area contributed by atoms with Crippen molar-refractivity contribution in [2.45, 2.75) is 19.0 Å². The molecular formula is C18H19FN4O2. The number of nitrogens with one attached hydrogen (secondary N) is 1. The third-order valence-electron chi connectivity index (χ3n) is 4.30. The molecule has 3 rings (SSSR count). The summed E-state index contributed by atoms with van der Waals surface area (Å²) >= 11 is 0. The molecule has 1 fully saturated rings. The SMILES string of the molecule is CN(C)c1cc(CN2C(=O)N[C@@](C)(c3ccccc3F)C2=O)ccn1. The van der Waals surface area contributed by atoms with Crippen LogP contribution in [0.2, 0.25) is 0 Å². The molecule has 0 aliphatic carbocycles. The number of amides is 3. The number of benzene rings is 1. The zero-order valence-corrected chi connectivity index (χ0v) is 14.3. The smallest absolute Gasteiger partial charge is 0.325 e. The molecule has 1 aliphatic heterocycles. The highest BCUT2D eigenvalue weighted by molar-refractivity contribution is 6.07. The van der Waals surface area contributed by atoms with Gasteiger partial charge in [0.05, 0.1) is 6.54 Å². The van der Waals surface area contributed by atoms with Gasteiger partial charge in [0.2, 0.25) is 0 Å². The molecule has 6 nitrogen and oxygen atoms in total. The fourth-order valence-corrected chi connectivity index (χ4v) is 2.88. The van der Waals surface area contributed by atoms with Crippen LogP contribution in [0.1, 0.15) is 18.1 Å². The van der Waals surface area contributed by atoms with Crippen LogP contribution in [0.15, 0.2) is 42.6 Å². The summed E-state index contributed by atoms with van der Waals surface area (Å²) in [4.78, 5) is 32.4. The van der Waals surface area contributed by atoms with E-state index >= 15 is 0 Å². The second kappa shape index (κ2) is 6.16. The standard InChI is InChI=1S/C18H19FN4O2/c1-18(13-6-4-5-7-14(13)19)16(24)23(17(25)21-18)11-12-8-9-20-15(10-12)22(2)3/h4-10H,11H2,1-3H3,(H,21,25)/t18-/m0/s1. The third-order valence-corrected chi connectivity index (χ3v) is 4.30. The Morgan fingerprint density at radius 1 is 1.24 bits per heavy atom. The average molecular weight is 342 g/mol. The van der Waals surface area contributed by atoms with Crippen LogP contribution >= 0.6 is 0 Å². The van der Waals surface area contributed by atoms with Crippen LogP contribution in [0.4, 0.5) is 15.0 Å². The van der Waals surface area contributed by atoms with E-state index in [2.05, 4.69) is 10.3 Å². The highest BCUT2D eigenvalue weighted by atomic mass is 19.1. The molecule has 0 bridgehead atoms. The van der Waals surface area contributed by atoms with Gasteiger partial charge in [-0.15, -0.1) is 0 Å². The lowest BCUT2D eigenvalue weighted by molar-refractivity contribution is -0.131. The number of carbonyl (C=O) groups is 2. The van der Waals surface area contributed by atoms with Gasteiger partial charge in [-0.3, -0.25) is 9.69 Å². The highest BCUT2D eigenvalue weighted by Gasteiger charge is 2.50. The maximum atomic E-state index is 14.1. The molecule has 130 valence electrons. The zero-order valence-electron chi connectivity index (χ0n) is 14.3. The largest absolute Gasteiger partial charge is 0.363 e. The van der Waals surface area contributed by atoms with Crippen molar-refractivity contribution in [3.63, 3.8) is 0 Å². The molecule has 3 amide bonds. The lowest BCUT2D eigenvalue weighted by Gasteiger charge is -2.22. The number of nitrogens with zero attached hydrogens (tertiary/aromatic N) is 3. The van der Waals surface area contributed by atoms with Gasteiger partial charge in [0.25, 0.3) is 5.91 Å². The number of carbonyl (C=O) groups excluding carboxylic acids is 2. The molecule has 1 aromatic carbocycles. The first-order valence-corrected chi connectivity index (χ1v) is 7.84. The lowest BCUT2D eigenvalue weighted by Crippen LogP contribution is -2.41. The van der Waals surface area contributed by atoms with E-state index in [1.807, 2.05) is 19.0 Å². The first-order chi connectivity index (χ1) is 11.8. The molecular weight excluding hydrogens is 323 g/mol. The average Bonchev–Trinajstić information content (AvgIpc) is 2.79. The second-order valence-corrected chi connectivity index (χ2v) is 6.34. The highest BCUT2D eigenvalue weighted by Crippen LogP contribution is 2.31. The van der Waals surface area contributed by atoms with Gasteiger partial charge in [-0.25, -0.2) is 14.2 Å². The zero-order chi connectivity index (χ0) is 18.2. The summed E-state index contributed by atoms with van der Waals surface area (Å²) < 4.78 is 14.1. The summed E-state index contributed by atoms with van der Waals surface area (Å²) in [5, 5.41) is 2.62. The van der Waals surface area contributed by atoms with E-state index in [1.165, 1.54) is 19.1 Å². The summed E-state index contributed by atoms with van der Waals surface area (Å²) in [6.07, 6.45) is 1.62. The number of rotatable bonds is 4. The van der Waals surface area contributed by atoms with Crippen molar-refractivity contribution in [2.24, 2.45) is 0 Å². The van der Waals surface area contributed by atoms with Gasteiger partial charge in [0.1, 0.15) is 17.2 Å². The molecule has 25 heavy (non-hydrogen) atoms. The van der Waals surface area contributed by atoms with E-state index in [-0.39, 0.29) is 12.1 Å². The molecule has 2 heterocycles. The number of pyridine rings is 1. The molecule has 0 saturated carbocycles. The molecule has 0 radical (unpaired) electrons. The predicted octanol–water partition coefficient (Wildman–Crippen LogP) is 2.25. The maximum Gasteiger partial charge on any atom is 0.325 e. The molecule has 0 spiro atoms. The van der Waals surface area contributed by atoms with Crippen molar-refractivity contribution in [1.82, 2.24) is 15.2 Å². The number of halogens is 1. The fraction of sp³-hybridized carbons (Fsp3) is 0.278. The van der Waals surface area contributed by atoms with E-state index in [0.29, 0.717) is 0 Å². The molecule has 1 saturated heterocycles. The number of aromatic nitrogens is 1. The fourth-order valence-electron chi connectivity index (χ4n) is 2.88. The molecule has 1 aliphatic rings. The number of hydrogen-bond acceptors (Lipinski definition) is 4. The van der Waals surface area contributed by atoms with Crippen LogP contribution in [-0.2, 0) is 16.9 Å². The van der Waals surface area contributed by atoms with Gasteiger partial charge < -0.3 is 10.2 Å². The Kier molecular flexibility index (Phi) is 4.16. The van der Waals surface area contributed by atoms with Crippen molar-refractivity contribution in [1.29, 1.82) is 0 Å². The molecule has 0 unspecified atom stereocenters. The van der Waals surface area contributed by atoms with Gasteiger partial charge in [0, 0.05) is 25.9 Å². The summed E-state index contributed by atoms with van der Waals surface area (Å²) in [6.45, 7) is 1.61. The summed E-state index contributed by atoms with van der Waals surface area (Å²) in [5.41, 5.74) is -0.501.